The number of benzene rings is 2. The lowest BCUT2D eigenvalue weighted by atomic mass is 9.98. The second-order valence-corrected chi connectivity index (χ2v) is 5.93. The number of carboxylic acid groups (broad SMARTS) is 1. The van der Waals surface area contributed by atoms with Crippen molar-refractivity contribution in [3.8, 4) is 11.5 Å². The van der Waals surface area contributed by atoms with Crippen molar-refractivity contribution < 1.29 is 19.4 Å². The molecule has 0 amide bonds. The Hall–Kier alpha value is -2.49. The summed E-state index contributed by atoms with van der Waals surface area (Å²) in [7, 11) is 0. The molecule has 0 heterocycles. The van der Waals surface area contributed by atoms with Crippen molar-refractivity contribution in [3.63, 3.8) is 0 Å². The van der Waals surface area contributed by atoms with Crippen molar-refractivity contribution >= 4 is 5.97 Å². The predicted molar refractivity (Wildman–Crippen MR) is 93.9 cm³/mol. The lowest BCUT2D eigenvalue weighted by molar-refractivity contribution is -0.137. The summed E-state index contributed by atoms with van der Waals surface area (Å²) in [5.41, 5.74) is 2.19. The van der Waals surface area contributed by atoms with Gasteiger partial charge in [-0.2, -0.15) is 0 Å². The summed E-state index contributed by atoms with van der Waals surface area (Å²) in [4.78, 5) is 10.7. The van der Waals surface area contributed by atoms with E-state index in [0.717, 1.165) is 23.5 Å². The van der Waals surface area contributed by atoms with E-state index in [1.165, 1.54) is 5.56 Å². The van der Waals surface area contributed by atoms with Crippen LogP contribution >= 0.6 is 0 Å². The summed E-state index contributed by atoms with van der Waals surface area (Å²) in [5.74, 6) is 0.888. The van der Waals surface area contributed by atoms with E-state index >= 15 is 0 Å². The monoisotopic (exact) mass is 328 g/mol. The topological polar surface area (TPSA) is 55.8 Å². The van der Waals surface area contributed by atoms with Crippen molar-refractivity contribution in [1.29, 1.82) is 0 Å². The molecule has 0 aromatic heterocycles. The highest BCUT2D eigenvalue weighted by atomic mass is 16.5. The number of carboxylic acids is 1. The molecule has 4 nitrogen and oxygen atoms in total. The zero-order valence-electron chi connectivity index (χ0n) is 14.2. The van der Waals surface area contributed by atoms with Crippen LogP contribution in [0.1, 0.15) is 36.8 Å². The van der Waals surface area contributed by atoms with Crippen LogP contribution in [0.25, 0.3) is 0 Å². The fourth-order valence-electron chi connectivity index (χ4n) is 2.42. The van der Waals surface area contributed by atoms with Crippen molar-refractivity contribution in [2.75, 3.05) is 13.2 Å². The standard InChI is InChI=1S/C20H24O4/c1-15-5-3-6-19(13-15)24-12-4-11-23-18-9-7-17(8-10-18)16(2)14-20(21)22/h3,5-10,13,16H,4,11-12,14H2,1-2H3,(H,21,22). The zero-order valence-corrected chi connectivity index (χ0v) is 14.2. The lowest BCUT2D eigenvalue weighted by Crippen LogP contribution is -2.05. The van der Waals surface area contributed by atoms with Gasteiger partial charge < -0.3 is 14.6 Å². The first-order valence-electron chi connectivity index (χ1n) is 8.18. The van der Waals surface area contributed by atoms with E-state index in [4.69, 9.17) is 14.6 Å². The third-order valence-corrected chi connectivity index (χ3v) is 3.75. The molecule has 24 heavy (non-hydrogen) atoms. The number of ether oxygens (including phenoxy) is 2. The maximum absolute atomic E-state index is 10.7. The minimum atomic E-state index is -0.781. The summed E-state index contributed by atoms with van der Waals surface area (Å²) in [5, 5.41) is 8.83. The third kappa shape index (κ3) is 5.95. The maximum Gasteiger partial charge on any atom is 0.303 e. The quantitative estimate of drug-likeness (QED) is 0.692. The van der Waals surface area contributed by atoms with Gasteiger partial charge in [0.05, 0.1) is 19.6 Å². The van der Waals surface area contributed by atoms with Gasteiger partial charge in [0.1, 0.15) is 11.5 Å². The van der Waals surface area contributed by atoms with E-state index in [2.05, 4.69) is 0 Å². The average Bonchev–Trinajstić information content (AvgIpc) is 2.54. The Balaban J connectivity index is 1.70. The van der Waals surface area contributed by atoms with E-state index in [9.17, 15) is 4.79 Å². The summed E-state index contributed by atoms with van der Waals surface area (Å²) in [6.07, 6.45) is 0.932. The van der Waals surface area contributed by atoms with E-state index in [1.807, 2.05) is 62.4 Å². The molecule has 0 spiro atoms. The molecule has 0 aliphatic rings. The lowest BCUT2D eigenvalue weighted by Gasteiger charge is -2.11. The van der Waals surface area contributed by atoms with Gasteiger partial charge in [0.2, 0.25) is 0 Å². The van der Waals surface area contributed by atoms with Gasteiger partial charge in [-0.3, -0.25) is 4.79 Å². The van der Waals surface area contributed by atoms with Gasteiger partial charge in [-0.05, 0) is 48.2 Å². The summed E-state index contributed by atoms with van der Waals surface area (Å²) < 4.78 is 11.4. The first kappa shape index (κ1) is 17.9. The Labute approximate surface area is 143 Å². The van der Waals surface area contributed by atoms with Crippen LogP contribution in [-0.4, -0.2) is 24.3 Å². The van der Waals surface area contributed by atoms with Crippen molar-refractivity contribution in [1.82, 2.24) is 0 Å². The van der Waals surface area contributed by atoms with Crippen LogP contribution in [-0.2, 0) is 4.79 Å². The first-order chi connectivity index (χ1) is 11.5. The molecule has 4 heteroatoms. The van der Waals surface area contributed by atoms with Gasteiger partial charge in [-0.15, -0.1) is 0 Å². The van der Waals surface area contributed by atoms with Crippen LogP contribution in [0.5, 0.6) is 11.5 Å². The Kier molecular flexibility index (Phi) is 6.67. The molecule has 0 saturated heterocycles. The highest BCUT2D eigenvalue weighted by molar-refractivity contribution is 5.67. The first-order valence-corrected chi connectivity index (χ1v) is 8.18. The normalized spacial score (nSPS) is 11.8. The van der Waals surface area contributed by atoms with Crippen molar-refractivity contribution in [2.45, 2.75) is 32.6 Å². The van der Waals surface area contributed by atoms with Gasteiger partial charge in [-0.25, -0.2) is 0 Å². The second-order valence-electron chi connectivity index (χ2n) is 5.93. The Bertz CT molecular complexity index is 649. The number of aliphatic carboxylic acids is 1. The molecule has 0 saturated carbocycles. The SMILES string of the molecule is Cc1cccc(OCCCOc2ccc(C(C)CC(=O)O)cc2)c1. The van der Waals surface area contributed by atoms with Crippen LogP contribution in [0.3, 0.4) is 0 Å². The molecule has 0 fully saturated rings. The fourth-order valence-corrected chi connectivity index (χ4v) is 2.42. The predicted octanol–water partition coefficient (Wildman–Crippen LogP) is 4.42. The maximum atomic E-state index is 10.7. The average molecular weight is 328 g/mol. The smallest absolute Gasteiger partial charge is 0.303 e. The highest BCUT2D eigenvalue weighted by Gasteiger charge is 2.09. The third-order valence-electron chi connectivity index (χ3n) is 3.75. The number of aryl methyl sites for hydroxylation is 1. The molecule has 0 radical (unpaired) electrons. The molecule has 0 bridgehead atoms. The van der Waals surface area contributed by atoms with Crippen LogP contribution in [0, 0.1) is 6.92 Å². The number of carbonyl (C=O) groups is 1. The molecule has 128 valence electrons. The molecule has 1 unspecified atom stereocenters. The number of rotatable bonds is 9. The molecule has 1 atom stereocenters. The second kappa shape index (κ2) is 8.96. The van der Waals surface area contributed by atoms with Crippen LogP contribution in [0.2, 0.25) is 0 Å². The van der Waals surface area contributed by atoms with Gasteiger partial charge in [0.25, 0.3) is 0 Å². The van der Waals surface area contributed by atoms with E-state index < -0.39 is 5.97 Å². The van der Waals surface area contributed by atoms with Crippen LogP contribution < -0.4 is 9.47 Å². The van der Waals surface area contributed by atoms with E-state index in [-0.39, 0.29) is 12.3 Å². The molecule has 2 aromatic rings. The number of hydrogen-bond donors (Lipinski definition) is 1. The molecule has 0 aliphatic carbocycles. The largest absolute Gasteiger partial charge is 0.493 e. The minimum absolute atomic E-state index is 0.000667. The zero-order chi connectivity index (χ0) is 17.4. The molecular formula is C20H24O4. The number of hydrogen-bond acceptors (Lipinski definition) is 3. The highest BCUT2D eigenvalue weighted by Crippen LogP contribution is 2.22. The van der Waals surface area contributed by atoms with Crippen molar-refractivity contribution in [3.05, 3.63) is 59.7 Å². The minimum Gasteiger partial charge on any atom is -0.493 e. The van der Waals surface area contributed by atoms with Crippen LogP contribution in [0.15, 0.2) is 48.5 Å². The summed E-state index contributed by atoms with van der Waals surface area (Å²) >= 11 is 0. The fraction of sp³-hybridized carbons (Fsp3) is 0.350. The van der Waals surface area contributed by atoms with Crippen molar-refractivity contribution in [2.24, 2.45) is 0 Å². The molecule has 0 aliphatic heterocycles. The van der Waals surface area contributed by atoms with E-state index in [1.54, 1.807) is 0 Å². The van der Waals surface area contributed by atoms with Gasteiger partial charge in [-0.1, -0.05) is 31.2 Å². The Morgan fingerprint density at radius 3 is 2.33 bits per heavy atom. The Morgan fingerprint density at radius 2 is 1.71 bits per heavy atom. The van der Waals surface area contributed by atoms with Crippen LogP contribution in [0.4, 0.5) is 0 Å². The molecule has 2 aromatic carbocycles. The molecule has 1 N–H and O–H groups in total. The molecule has 2 rings (SSSR count). The van der Waals surface area contributed by atoms with Gasteiger partial charge in [0, 0.05) is 6.42 Å². The van der Waals surface area contributed by atoms with E-state index in [0.29, 0.717) is 13.2 Å². The summed E-state index contributed by atoms with van der Waals surface area (Å²) in [6.45, 7) is 5.14. The van der Waals surface area contributed by atoms with Gasteiger partial charge in [0.15, 0.2) is 0 Å². The molecular weight excluding hydrogens is 304 g/mol. The van der Waals surface area contributed by atoms with Gasteiger partial charge >= 0.3 is 5.97 Å². The summed E-state index contributed by atoms with van der Waals surface area (Å²) in [6, 6.07) is 15.6. The Morgan fingerprint density at radius 1 is 1.04 bits per heavy atom.